The summed E-state index contributed by atoms with van der Waals surface area (Å²) in [5, 5.41) is 4.09. The molecule has 2 aliphatic carbocycles. The first kappa shape index (κ1) is 17.5. The van der Waals surface area contributed by atoms with E-state index in [1.54, 1.807) is 0 Å². The Labute approximate surface area is 168 Å². The molecule has 3 aliphatic rings. The number of carbonyl (C=O) groups excluding carboxylic acids is 2. The minimum Gasteiger partial charge on any atom is -0.460 e. The first-order valence-corrected chi connectivity index (χ1v) is 10.1. The van der Waals surface area contributed by atoms with E-state index in [-0.39, 0.29) is 11.6 Å². The topological polar surface area (TPSA) is 59.3 Å². The van der Waals surface area contributed by atoms with Crippen LogP contribution >= 0.6 is 11.6 Å². The van der Waals surface area contributed by atoms with Crippen molar-refractivity contribution in [3.63, 3.8) is 0 Å². The molecule has 0 fully saturated rings. The molecule has 0 amide bonds. The van der Waals surface area contributed by atoms with E-state index in [0.717, 1.165) is 53.8 Å². The molecule has 0 atom stereocenters. The van der Waals surface area contributed by atoms with Crippen LogP contribution in [0.5, 0.6) is 0 Å². The summed E-state index contributed by atoms with van der Waals surface area (Å²) in [7, 11) is 0. The molecule has 142 valence electrons. The van der Waals surface area contributed by atoms with Crippen LogP contribution in [0.1, 0.15) is 50.2 Å². The summed E-state index contributed by atoms with van der Waals surface area (Å²) in [5.41, 5.74) is 4.30. The van der Waals surface area contributed by atoms with Crippen LogP contribution in [0.4, 0.5) is 0 Å². The first-order chi connectivity index (χ1) is 13.6. The SMILES string of the molecule is O=C1CCCC2=C1C(c1ccc(-c3ccc(Cl)cc3)o1)C1=C(CCCC1=O)N2. The van der Waals surface area contributed by atoms with Crippen molar-refractivity contribution in [3.05, 3.63) is 69.7 Å². The van der Waals surface area contributed by atoms with Gasteiger partial charge in [-0.1, -0.05) is 11.6 Å². The van der Waals surface area contributed by atoms with Crippen molar-refractivity contribution in [2.45, 2.75) is 44.4 Å². The monoisotopic (exact) mass is 393 g/mol. The van der Waals surface area contributed by atoms with Gasteiger partial charge < -0.3 is 9.73 Å². The first-order valence-electron chi connectivity index (χ1n) is 9.77. The average Bonchev–Trinajstić information content (AvgIpc) is 3.17. The minimum absolute atomic E-state index is 0.119. The Morgan fingerprint density at radius 1 is 0.821 bits per heavy atom. The number of ketones is 2. The van der Waals surface area contributed by atoms with Gasteiger partial charge in [-0.05, 0) is 62.1 Å². The van der Waals surface area contributed by atoms with Crippen LogP contribution in [-0.4, -0.2) is 11.6 Å². The summed E-state index contributed by atoms with van der Waals surface area (Å²) < 4.78 is 6.20. The zero-order valence-electron chi connectivity index (χ0n) is 15.4. The number of halogens is 1. The molecule has 1 N–H and O–H groups in total. The highest BCUT2D eigenvalue weighted by atomic mass is 35.5. The predicted octanol–water partition coefficient (Wildman–Crippen LogP) is 5.30. The van der Waals surface area contributed by atoms with Gasteiger partial charge in [0.25, 0.3) is 0 Å². The summed E-state index contributed by atoms with van der Waals surface area (Å²) in [4.78, 5) is 25.6. The average molecular weight is 394 g/mol. The van der Waals surface area contributed by atoms with Crippen LogP contribution in [0.15, 0.2) is 63.4 Å². The van der Waals surface area contributed by atoms with Crippen LogP contribution in [0.25, 0.3) is 11.3 Å². The van der Waals surface area contributed by atoms with Crippen LogP contribution in [0.3, 0.4) is 0 Å². The molecule has 0 unspecified atom stereocenters. The lowest BCUT2D eigenvalue weighted by Crippen LogP contribution is -2.36. The fourth-order valence-electron chi connectivity index (χ4n) is 4.55. The molecule has 0 saturated heterocycles. The summed E-state index contributed by atoms with van der Waals surface area (Å²) in [6, 6.07) is 11.3. The largest absolute Gasteiger partial charge is 0.460 e. The molecule has 2 heterocycles. The third-order valence-corrected chi connectivity index (χ3v) is 6.08. The van der Waals surface area contributed by atoms with E-state index in [9.17, 15) is 9.59 Å². The fraction of sp³-hybridized carbons (Fsp3) is 0.304. The maximum Gasteiger partial charge on any atom is 0.161 e. The second-order valence-electron chi connectivity index (χ2n) is 7.60. The normalized spacial score (nSPS) is 20.2. The number of allylic oxidation sites excluding steroid dienone is 4. The van der Waals surface area contributed by atoms with Gasteiger partial charge in [0.15, 0.2) is 11.6 Å². The highest BCUT2D eigenvalue weighted by Crippen LogP contribution is 2.46. The van der Waals surface area contributed by atoms with Crippen molar-refractivity contribution < 1.29 is 14.0 Å². The summed E-state index contributed by atoms with van der Waals surface area (Å²) in [5.74, 6) is 1.21. The van der Waals surface area contributed by atoms with Gasteiger partial charge in [-0.15, -0.1) is 0 Å². The van der Waals surface area contributed by atoms with Gasteiger partial charge in [0.2, 0.25) is 0 Å². The van der Waals surface area contributed by atoms with Gasteiger partial charge in [0.1, 0.15) is 11.5 Å². The third-order valence-electron chi connectivity index (χ3n) is 5.83. The number of hydrogen-bond donors (Lipinski definition) is 1. The summed E-state index contributed by atoms with van der Waals surface area (Å²) in [6.45, 7) is 0. The van der Waals surface area contributed by atoms with Gasteiger partial charge in [-0.25, -0.2) is 0 Å². The van der Waals surface area contributed by atoms with Crippen molar-refractivity contribution in [2.75, 3.05) is 0 Å². The van der Waals surface area contributed by atoms with Gasteiger partial charge in [-0.3, -0.25) is 9.59 Å². The lowest BCUT2D eigenvalue weighted by molar-refractivity contribution is -0.117. The van der Waals surface area contributed by atoms with Gasteiger partial charge in [-0.2, -0.15) is 0 Å². The molecule has 1 aliphatic heterocycles. The second kappa shape index (κ2) is 6.78. The molecule has 1 aromatic heterocycles. The van der Waals surface area contributed by atoms with Crippen LogP contribution in [-0.2, 0) is 9.59 Å². The Balaban J connectivity index is 1.62. The van der Waals surface area contributed by atoms with Crippen molar-refractivity contribution in [1.82, 2.24) is 5.32 Å². The lowest BCUT2D eigenvalue weighted by Gasteiger charge is -2.36. The molecule has 0 bridgehead atoms. The van der Waals surface area contributed by atoms with E-state index in [4.69, 9.17) is 16.0 Å². The maximum atomic E-state index is 12.8. The Kier molecular flexibility index (Phi) is 4.24. The second-order valence-corrected chi connectivity index (χ2v) is 8.04. The van der Waals surface area contributed by atoms with Crippen molar-refractivity contribution in [2.24, 2.45) is 0 Å². The zero-order chi connectivity index (χ0) is 19.3. The molecule has 28 heavy (non-hydrogen) atoms. The Morgan fingerprint density at radius 3 is 2.04 bits per heavy atom. The molecule has 0 radical (unpaired) electrons. The number of dihydropyridines is 1. The zero-order valence-corrected chi connectivity index (χ0v) is 16.1. The summed E-state index contributed by atoms with van der Waals surface area (Å²) >= 11 is 5.99. The standard InChI is InChI=1S/C23H20ClNO3/c24-14-9-7-13(8-10-14)19-11-12-20(28-19)23-21-15(3-1-5-17(21)26)25-16-4-2-6-18(27)22(16)23/h7-12,23,25H,1-6H2. The van der Waals surface area contributed by atoms with E-state index < -0.39 is 5.92 Å². The lowest BCUT2D eigenvalue weighted by atomic mass is 9.73. The maximum absolute atomic E-state index is 12.8. The van der Waals surface area contributed by atoms with Gasteiger partial charge in [0, 0.05) is 46.0 Å². The number of furan rings is 1. The molecular formula is C23H20ClNO3. The van der Waals surface area contributed by atoms with E-state index in [2.05, 4.69) is 5.32 Å². The molecule has 5 rings (SSSR count). The molecule has 1 aromatic carbocycles. The Hall–Kier alpha value is -2.59. The number of nitrogens with one attached hydrogen (secondary N) is 1. The molecule has 0 spiro atoms. The molecule has 2 aromatic rings. The number of hydrogen-bond acceptors (Lipinski definition) is 4. The Morgan fingerprint density at radius 2 is 1.43 bits per heavy atom. The highest BCUT2D eigenvalue weighted by molar-refractivity contribution is 6.30. The number of carbonyl (C=O) groups is 2. The van der Waals surface area contributed by atoms with Gasteiger partial charge >= 0.3 is 0 Å². The minimum atomic E-state index is -0.395. The van der Waals surface area contributed by atoms with E-state index in [0.29, 0.717) is 29.4 Å². The number of Topliss-reactive ketones (excluding diaryl/α,β-unsaturated/α-hetero) is 2. The van der Waals surface area contributed by atoms with Crippen LogP contribution in [0, 0.1) is 0 Å². The molecule has 4 nitrogen and oxygen atoms in total. The fourth-order valence-corrected chi connectivity index (χ4v) is 4.67. The van der Waals surface area contributed by atoms with Crippen molar-refractivity contribution in [1.29, 1.82) is 0 Å². The number of benzene rings is 1. The molecule has 0 saturated carbocycles. The van der Waals surface area contributed by atoms with Crippen LogP contribution < -0.4 is 5.32 Å². The molecule has 5 heteroatoms. The summed E-state index contributed by atoms with van der Waals surface area (Å²) in [6.07, 6.45) is 4.43. The highest BCUT2D eigenvalue weighted by Gasteiger charge is 2.41. The Bertz CT molecular complexity index is 1000. The quantitative estimate of drug-likeness (QED) is 0.752. The third kappa shape index (κ3) is 2.83. The van der Waals surface area contributed by atoms with E-state index in [1.165, 1.54) is 0 Å². The smallest absolute Gasteiger partial charge is 0.161 e. The van der Waals surface area contributed by atoms with E-state index >= 15 is 0 Å². The number of rotatable bonds is 2. The van der Waals surface area contributed by atoms with Crippen molar-refractivity contribution in [3.8, 4) is 11.3 Å². The predicted molar refractivity (Wildman–Crippen MR) is 107 cm³/mol. The van der Waals surface area contributed by atoms with E-state index in [1.807, 2.05) is 36.4 Å². The van der Waals surface area contributed by atoms with Crippen molar-refractivity contribution >= 4 is 23.2 Å². The van der Waals surface area contributed by atoms with Gasteiger partial charge in [0.05, 0.1) is 5.92 Å². The molecular weight excluding hydrogens is 374 g/mol. The van der Waals surface area contributed by atoms with Crippen LogP contribution in [0.2, 0.25) is 5.02 Å².